The van der Waals surface area contributed by atoms with Gasteiger partial charge in [-0.25, -0.2) is 20.0 Å². The SMILES string of the molecule is CCOC(=O)NN(C(N)=O)C1([SiH3])CCCCO1. The van der Waals surface area contributed by atoms with Gasteiger partial charge < -0.3 is 15.2 Å². The number of hydrogen-bond donors (Lipinski definition) is 2. The van der Waals surface area contributed by atoms with Crippen LogP contribution in [0, 0.1) is 0 Å². The summed E-state index contributed by atoms with van der Waals surface area (Å²) in [5.74, 6) is 0. The van der Waals surface area contributed by atoms with Crippen LogP contribution in [0.5, 0.6) is 0 Å². The lowest BCUT2D eigenvalue weighted by molar-refractivity contribution is -0.114. The Labute approximate surface area is 103 Å². The fourth-order valence-corrected chi connectivity index (χ4v) is 2.65. The molecule has 3 N–H and O–H groups in total. The molecule has 3 amide bonds. The third kappa shape index (κ3) is 3.60. The van der Waals surface area contributed by atoms with Crippen LogP contribution >= 0.6 is 0 Å². The monoisotopic (exact) mass is 261 g/mol. The summed E-state index contributed by atoms with van der Waals surface area (Å²) < 4.78 is 10.3. The number of nitrogens with one attached hydrogen (secondary N) is 1. The molecule has 1 aliphatic heterocycles. The predicted octanol–water partition coefficient (Wildman–Crippen LogP) is -0.752. The predicted molar refractivity (Wildman–Crippen MR) is 64.1 cm³/mol. The summed E-state index contributed by atoms with van der Waals surface area (Å²) in [6, 6.07) is -0.741. The van der Waals surface area contributed by atoms with Crippen molar-refractivity contribution in [3.05, 3.63) is 0 Å². The van der Waals surface area contributed by atoms with Crippen LogP contribution in [-0.4, -0.2) is 45.9 Å². The van der Waals surface area contributed by atoms with E-state index in [0.29, 0.717) is 23.3 Å². The Balaban J connectivity index is 2.70. The van der Waals surface area contributed by atoms with E-state index in [1.165, 1.54) is 0 Å². The van der Waals surface area contributed by atoms with E-state index in [9.17, 15) is 9.59 Å². The lowest BCUT2D eigenvalue weighted by Gasteiger charge is -2.41. The fourth-order valence-electron chi connectivity index (χ4n) is 1.76. The van der Waals surface area contributed by atoms with Crippen LogP contribution in [0.15, 0.2) is 0 Å². The quantitative estimate of drug-likeness (QED) is 0.505. The minimum Gasteiger partial charge on any atom is -0.449 e. The average molecular weight is 261 g/mol. The zero-order chi connectivity index (χ0) is 12.9. The maximum absolute atomic E-state index is 11.4. The molecule has 8 heteroatoms. The summed E-state index contributed by atoms with van der Waals surface area (Å²) in [5.41, 5.74) is 7.59. The molecule has 1 fully saturated rings. The first kappa shape index (κ1) is 13.8. The molecule has 17 heavy (non-hydrogen) atoms. The molecule has 1 rings (SSSR count). The lowest BCUT2D eigenvalue weighted by atomic mass is 10.2. The second kappa shape index (κ2) is 5.87. The van der Waals surface area contributed by atoms with Gasteiger partial charge >= 0.3 is 12.1 Å². The highest BCUT2D eigenvalue weighted by Gasteiger charge is 2.38. The fraction of sp³-hybridized carbons (Fsp3) is 0.778. The van der Waals surface area contributed by atoms with Gasteiger partial charge in [0.2, 0.25) is 0 Å². The standard InChI is InChI=1S/C9H19N3O4Si/c1-2-15-8(14)11-12(7(10)13)9(17)5-3-4-6-16-9/h2-6H2,1,17H3,(H2,10,13)(H,11,14). The third-order valence-electron chi connectivity index (χ3n) is 2.62. The molecule has 98 valence electrons. The van der Waals surface area contributed by atoms with Crippen molar-refractivity contribution in [1.29, 1.82) is 0 Å². The number of urea groups is 1. The first-order chi connectivity index (χ1) is 7.99. The highest BCUT2D eigenvalue weighted by atomic mass is 28.1. The maximum Gasteiger partial charge on any atom is 0.426 e. The summed E-state index contributed by atoms with van der Waals surface area (Å²) in [5, 5.41) is 0.285. The van der Waals surface area contributed by atoms with Crippen molar-refractivity contribution in [1.82, 2.24) is 10.4 Å². The Morgan fingerprint density at radius 1 is 1.59 bits per heavy atom. The summed E-state index contributed by atoms with van der Waals surface area (Å²) in [7, 11) is 0.553. The van der Waals surface area contributed by atoms with E-state index in [1.54, 1.807) is 6.92 Å². The first-order valence-corrected chi connectivity index (χ1v) is 6.66. The van der Waals surface area contributed by atoms with E-state index in [-0.39, 0.29) is 6.61 Å². The largest absolute Gasteiger partial charge is 0.449 e. The molecule has 1 heterocycles. The van der Waals surface area contributed by atoms with Crippen LogP contribution < -0.4 is 11.2 Å². The van der Waals surface area contributed by atoms with Gasteiger partial charge in [-0.05, 0) is 26.2 Å². The van der Waals surface area contributed by atoms with Crippen LogP contribution in [0.25, 0.3) is 0 Å². The number of hydrazine groups is 1. The molecule has 1 saturated heterocycles. The van der Waals surface area contributed by atoms with Gasteiger partial charge in [-0.2, -0.15) is 0 Å². The first-order valence-electron chi connectivity index (χ1n) is 5.66. The molecule has 0 saturated carbocycles. The Morgan fingerprint density at radius 3 is 2.76 bits per heavy atom. The van der Waals surface area contributed by atoms with E-state index < -0.39 is 17.5 Å². The van der Waals surface area contributed by atoms with Gasteiger partial charge in [0.15, 0.2) is 0 Å². The van der Waals surface area contributed by atoms with Crippen LogP contribution in [0.3, 0.4) is 0 Å². The molecular formula is C9H19N3O4Si. The van der Waals surface area contributed by atoms with Gasteiger partial charge in [0.25, 0.3) is 0 Å². The highest BCUT2D eigenvalue weighted by molar-refractivity contribution is 6.15. The van der Waals surface area contributed by atoms with E-state index in [1.807, 2.05) is 0 Å². The molecule has 1 aliphatic rings. The average Bonchev–Trinajstić information content (AvgIpc) is 2.27. The normalized spacial score (nSPS) is 24.1. The van der Waals surface area contributed by atoms with Crippen molar-refractivity contribution in [2.45, 2.75) is 31.5 Å². The molecule has 0 aromatic heterocycles. The number of carbonyl (C=O) groups is 2. The maximum atomic E-state index is 11.4. The van der Waals surface area contributed by atoms with Crippen molar-refractivity contribution in [2.24, 2.45) is 5.73 Å². The number of ether oxygens (including phenoxy) is 2. The van der Waals surface area contributed by atoms with Crippen molar-refractivity contribution in [2.75, 3.05) is 13.2 Å². The number of nitrogens with zero attached hydrogens (tertiary/aromatic N) is 1. The Bertz CT molecular complexity index is 294. The van der Waals surface area contributed by atoms with Crippen molar-refractivity contribution in [3.63, 3.8) is 0 Å². The Morgan fingerprint density at radius 2 is 2.29 bits per heavy atom. The number of nitrogens with two attached hydrogens (primary N) is 1. The third-order valence-corrected chi connectivity index (χ3v) is 3.86. The zero-order valence-corrected chi connectivity index (χ0v) is 12.2. The van der Waals surface area contributed by atoms with Gasteiger partial charge in [0.05, 0.1) is 16.8 Å². The smallest absolute Gasteiger partial charge is 0.426 e. The van der Waals surface area contributed by atoms with E-state index in [0.717, 1.165) is 17.9 Å². The van der Waals surface area contributed by atoms with Gasteiger partial charge in [0.1, 0.15) is 5.35 Å². The molecule has 7 nitrogen and oxygen atoms in total. The summed E-state index contributed by atoms with van der Waals surface area (Å²) in [6.07, 6.45) is 1.87. The highest BCUT2D eigenvalue weighted by Crippen LogP contribution is 2.24. The van der Waals surface area contributed by atoms with Gasteiger partial charge in [-0.3, -0.25) is 0 Å². The van der Waals surface area contributed by atoms with E-state index in [2.05, 4.69) is 5.43 Å². The number of rotatable bonds is 2. The second-order valence-corrected chi connectivity index (χ2v) is 5.55. The Kier molecular flexibility index (Phi) is 4.76. The molecule has 0 spiro atoms. The summed E-state index contributed by atoms with van der Waals surface area (Å²) >= 11 is 0. The molecule has 0 aliphatic carbocycles. The van der Waals surface area contributed by atoms with Gasteiger partial charge in [-0.1, -0.05) is 0 Å². The summed E-state index contributed by atoms with van der Waals surface area (Å²) in [4.78, 5) is 22.7. The van der Waals surface area contributed by atoms with Gasteiger partial charge in [0, 0.05) is 6.61 Å². The van der Waals surface area contributed by atoms with Crippen LogP contribution in [0.1, 0.15) is 26.2 Å². The number of amides is 3. The molecule has 0 aromatic rings. The number of carbonyl (C=O) groups excluding carboxylic acids is 2. The van der Waals surface area contributed by atoms with Crippen LogP contribution in [0.2, 0.25) is 0 Å². The van der Waals surface area contributed by atoms with Crippen molar-refractivity contribution < 1.29 is 19.1 Å². The van der Waals surface area contributed by atoms with Crippen molar-refractivity contribution in [3.8, 4) is 0 Å². The number of primary amides is 1. The topological polar surface area (TPSA) is 93.9 Å². The van der Waals surface area contributed by atoms with E-state index >= 15 is 0 Å². The molecule has 1 atom stereocenters. The number of hydrogen-bond acceptors (Lipinski definition) is 4. The van der Waals surface area contributed by atoms with E-state index in [4.69, 9.17) is 15.2 Å². The molecular weight excluding hydrogens is 242 g/mol. The van der Waals surface area contributed by atoms with Crippen LogP contribution in [-0.2, 0) is 9.47 Å². The van der Waals surface area contributed by atoms with Crippen molar-refractivity contribution >= 4 is 22.4 Å². The molecule has 0 radical (unpaired) electrons. The van der Waals surface area contributed by atoms with Crippen LogP contribution in [0.4, 0.5) is 9.59 Å². The van der Waals surface area contributed by atoms with Gasteiger partial charge in [-0.15, -0.1) is 0 Å². The molecule has 1 unspecified atom stereocenters. The molecule has 0 aromatic carbocycles. The lowest BCUT2D eigenvalue weighted by Crippen LogP contribution is -2.64. The minimum atomic E-state index is -0.767. The molecule has 0 bridgehead atoms. The second-order valence-electron chi connectivity index (χ2n) is 3.99. The zero-order valence-electron chi connectivity index (χ0n) is 10.2. The Hall–Kier alpha value is -1.28. The minimum absolute atomic E-state index is 0.230. The summed E-state index contributed by atoms with van der Waals surface area (Å²) in [6.45, 7) is 2.48.